The van der Waals surface area contributed by atoms with Crippen LogP contribution in [-0.2, 0) is 10.0 Å². The van der Waals surface area contributed by atoms with Crippen molar-refractivity contribution in [1.29, 1.82) is 0 Å². The van der Waals surface area contributed by atoms with Gasteiger partial charge in [-0.2, -0.15) is 8.78 Å². The van der Waals surface area contributed by atoms with Crippen molar-refractivity contribution < 1.29 is 26.7 Å². The van der Waals surface area contributed by atoms with Gasteiger partial charge in [0.25, 0.3) is 10.0 Å². The number of nitrogens with one attached hydrogen (secondary N) is 1. The fraction of sp³-hybridized carbons (Fsp3) is 0.143. The zero-order valence-corrected chi connectivity index (χ0v) is 12.3. The highest BCUT2D eigenvalue weighted by Crippen LogP contribution is 2.30. The molecule has 0 saturated heterocycles. The van der Waals surface area contributed by atoms with E-state index < -0.39 is 16.6 Å². The Bertz CT molecular complexity index is 750. The molecule has 0 amide bonds. The Morgan fingerprint density at radius 2 is 1.59 bits per heavy atom. The number of methoxy groups -OCH3 is 1. The van der Waals surface area contributed by atoms with Crippen molar-refractivity contribution in [2.45, 2.75) is 11.5 Å². The zero-order valence-electron chi connectivity index (χ0n) is 11.5. The summed E-state index contributed by atoms with van der Waals surface area (Å²) in [6.45, 7) is -3.06. The molecule has 0 aliphatic heterocycles. The minimum Gasteiger partial charge on any atom is -0.495 e. The van der Waals surface area contributed by atoms with Crippen LogP contribution >= 0.6 is 0 Å². The number of alkyl halides is 2. The number of halogens is 2. The van der Waals surface area contributed by atoms with Gasteiger partial charge in [0.15, 0.2) is 0 Å². The first-order chi connectivity index (χ1) is 10.4. The summed E-state index contributed by atoms with van der Waals surface area (Å²) in [7, 11) is -2.68. The Balaban J connectivity index is 2.37. The van der Waals surface area contributed by atoms with Crippen LogP contribution in [0.5, 0.6) is 11.5 Å². The molecule has 2 rings (SSSR count). The minimum atomic E-state index is -4.01. The summed E-state index contributed by atoms with van der Waals surface area (Å²) >= 11 is 0. The summed E-state index contributed by atoms with van der Waals surface area (Å²) in [5.41, 5.74) is -0.0892. The van der Waals surface area contributed by atoms with E-state index in [0.29, 0.717) is 0 Å². The molecule has 1 N–H and O–H groups in total. The maximum absolute atomic E-state index is 12.4. The van der Waals surface area contributed by atoms with Crippen molar-refractivity contribution in [3.8, 4) is 11.5 Å². The van der Waals surface area contributed by atoms with E-state index in [0.717, 1.165) is 0 Å². The molecule has 0 aliphatic carbocycles. The van der Waals surface area contributed by atoms with Crippen molar-refractivity contribution >= 4 is 15.7 Å². The summed E-state index contributed by atoms with van der Waals surface area (Å²) < 4.78 is 61.0. The van der Waals surface area contributed by atoms with E-state index in [4.69, 9.17) is 4.74 Å². The highest BCUT2D eigenvalue weighted by molar-refractivity contribution is 7.92. The highest BCUT2D eigenvalue weighted by atomic mass is 32.2. The zero-order chi connectivity index (χ0) is 16.2. The lowest BCUT2D eigenvalue weighted by atomic mass is 10.3. The van der Waals surface area contributed by atoms with Crippen LogP contribution in [0.4, 0.5) is 14.5 Å². The largest absolute Gasteiger partial charge is 0.495 e. The number of benzene rings is 2. The van der Waals surface area contributed by atoms with Crippen LogP contribution in [0.25, 0.3) is 0 Å². The molecule has 0 aromatic heterocycles. The lowest BCUT2D eigenvalue weighted by Crippen LogP contribution is -2.15. The molecule has 5 nitrogen and oxygen atoms in total. The minimum absolute atomic E-state index is 0.0892. The monoisotopic (exact) mass is 329 g/mol. The Labute approximate surface area is 126 Å². The summed E-state index contributed by atoms with van der Waals surface area (Å²) in [5, 5.41) is 0. The molecule has 0 unspecified atom stereocenters. The van der Waals surface area contributed by atoms with Crippen LogP contribution in [0.1, 0.15) is 0 Å². The molecule has 118 valence electrons. The standard InChI is InChI=1S/C14H13F2NO4S/c1-20-12-8-4-5-9-13(12)22(18,19)17-10-6-2-3-7-11(10)21-14(15)16/h2-9,14,17H,1H3. The molecule has 22 heavy (non-hydrogen) atoms. The number of para-hydroxylation sites is 3. The average molecular weight is 329 g/mol. The van der Waals surface area contributed by atoms with Gasteiger partial charge in [0.1, 0.15) is 16.4 Å². The molecule has 2 aromatic rings. The third kappa shape index (κ3) is 3.64. The number of rotatable bonds is 6. The molecule has 8 heteroatoms. The van der Waals surface area contributed by atoms with Crippen molar-refractivity contribution in [3.05, 3.63) is 48.5 Å². The molecule has 0 radical (unpaired) electrons. The SMILES string of the molecule is COc1ccccc1S(=O)(=O)Nc1ccccc1OC(F)F. The number of ether oxygens (including phenoxy) is 2. The second-order valence-corrected chi connectivity index (χ2v) is 5.78. The van der Waals surface area contributed by atoms with Gasteiger partial charge in [0.2, 0.25) is 0 Å². The van der Waals surface area contributed by atoms with Crippen LogP contribution in [0.15, 0.2) is 53.4 Å². The molecule has 0 aliphatic rings. The Morgan fingerprint density at radius 1 is 1.00 bits per heavy atom. The quantitative estimate of drug-likeness (QED) is 0.884. The van der Waals surface area contributed by atoms with Gasteiger partial charge in [-0.25, -0.2) is 8.42 Å². The average Bonchev–Trinajstić information content (AvgIpc) is 2.48. The molecular formula is C14H13F2NO4S. The van der Waals surface area contributed by atoms with Gasteiger partial charge >= 0.3 is 6.61 Å². The van der Waals surface area contributed by atoms with Gasteiger partial charge in [-0.05, 0) is 24.3 Å². The second-order valence-electron chi connectivity index (χ2n) is 4.13. The fourth-order valence-corrected chi connectivity index (χ4v) is 3.03. The summed E-state index contributed by atoms with van der Waals surface area (Å²) in [6.07, 6.45) is 0. The Hall–Kier alpha value is -2.35. The number of hydrogen-bond acceptors (Lipinski definition) is 4. The third-order valence-corrected chi connectivity index (χ3v) is 4.11. The molecule has 0 heterocycles. The fourth-order valence-electron chi connectivity index (χ4n) is 1.79. The summed E-state index contributed by atoms with van der Waals surface area (Å²) in [4.78, 5) is -0.107. The molecule has 0 fully saturated rings. The topological polar surface area (TPSA) is 64.6 Å². The first-order valence-electron chi connectivity index (χ1n) is 6.13. The molecule has 0 saturated carbocycles. The van der Waals surface area contributed by atoms with Crippen LogP contribution in [0.2, 0.25) is 0 Å². The first kappa shape index (κ1) is 16.0. The highest BCUT2D eigenvalue weighted by Gasteiger charge is 2.21. The Kier molecular flexibility index (Phi) is 4.81. The van der Waals surface area contributed by atoms with E-state index >= 15 is 0 Å². The van der Waals surface area contributed by atoms with E-state index in [1.165, 1.54) is 49.6 Å². The number of hydrogen-bond donors (Lipinski definition) is 1. The second kappa shape index (κ2) is 6.61. The van der Waals surface area contributed by atoms with Crippen LogP contribution in [0.3, 0.4) is 0 Å². The van der Waals surface area contributed by atoms with Gasteiger partial charge < -0.3 is 9.47 Å². The van der Waals surface area contributed by atoms with E-state index in [-0.39, 0.29) is 22.1 Å². The lowest BCUT2D eigenvalue weighted by Gasteiger charge is -2.14. The third-order valence-electron chi connectivity index (χ3n) is 2.71. The van der Waals surface area contributed by atoms with Gasteiger partial charge in [0, 0.05) is 0 Å². The maximum atomic E-state index is 12.4. The predicted octanol–water partition coefficient (Wildman–Crippen LogP) is 3.10. The molecule has 0 atom stereocenters. The first-order valence-corrected chi connectivity index (χ1v) is 7.62. The maximum Gasteiger partial charge on any atom is 0.387 e. The van der Waals surface area contributed by atoms with Gasteiger partial charge in [0.05, 0.1) is 12.8 Å². The summed E-state index contributed by atoms with van der Waals surface area (Å²) in [6, 6.07) is 11.5. The van der Waals surface area contributed by atoms with Crippen molar-refractivity contribution in [2.75, 3.05) is 11.8 Å². The molecular weight excluding hydrogens is 316 g/mol. The van der Waals surface area contributed by atoms with E-state index in [9.17, 15) is 17.2 Å². The predicted molar refractivity (Wildman–Crippen MR) is 76.9 cm³/mol. The number of anilines is 1. The van der Waals surface area contributed by atoms with Crippen LogP contribution in [0, 0.1) is 0 Å². The van der Waals surface area contributed by atoms with Gasteiger partial charge in [-0.15, -0.1) is 0 Å². The normalized spacial score (nSPS) is 11.3. The van der Waals surface area contributed by atoms with Crippen LogP contribution in [-0.4, -0.2) is 22.1 Å². The molecule has 2 aromatic carbocycles. The van der Waals surface area contributed by atoms with Gasteiger partial charge in [-0.1, -0.05) is 24.3 Å². The lowest BCUT2D eigenvalue weighted by molar-refractivity contribution is -0.0493. The van der Waals surface area contributed by atoms with Crippen LogP contribution < -0.4 is 14.2 Å². The van der Waals surface area contributed by atoms with E-state index in [1.54, 1.807) is 6.07 Å². The van der Waals surface area contributed by atoms with Crippen molar-refractivity contribution in [1.82, 2.24) is 0 Å². The smallest absolute Gasteiger partial charge is 0.387 e. The number of sulfonamides is 1. The molecule has 0 bridgehead atoms. The van der Waals surface area contributed by atoms with E-state index in [1.807, 2.05) is 0 Å². The van der Waals surface area contributed by atoms with Crippen molar-refractivity contribution in [3.63, 3.8) is 0 Å². The van der Waals surface area contributed by atoms with Gasteiger partial charge in [-0.3, -0.25) is 4.72 Å². The molecule has 0 spiro atoms. The Morgan fingerprint density at radius 3 is 2.23 bits per heavy atom. The van der Waals surface area contributed by atoms with Crippen molar-refractivity contribution in [2.24, 2.45) is 0 Å². The van der Waals surface area contributed by atoms with E-state index in [2.05, 4.69) is 9.46 Å². The summed E-state index contributed by atoms with van der Waals surface area (Å²) in [5.74, 6) is -0.127.